The van der Waals surface area contributed by atoms with E-state index in [-0.39, 0.29) is 6.10 Å². The van der Waals surface area contributed by atoms with Crippen molar-refractivity contribution in [1.29, 1.82) is 0 Å². The molecule has 0 aromatic heterocycles. The molecule has 86 valence electrons. The largest absolute Gasteiger partial charge is 0.454 e. The first kappa shape index (κ1) is 9.93. The van der Waals surface area contributed by atoms with Gasteiger partial charge in [-0.2, -0.15) is 0 Å². The van der Waals surface area contributed by atoms with Crippen LogP contribution in [0.25, 0.3) is 0 Å². The molecule has 16 heavy (non-hydrogen) atoms. The second kappa shape index (κ2) is 3.96. The summed E-state index contributed by atoms with van der Waals surface area (Å²) in [7, 11) is 0. The van der Waals surface area contributed by atoms with Gasteiger partial charge in [0, 0.05) is 5.92 Å². The Kier molecular flexibility index (Phi) is 2.46. The molecule has 0 unspecified atom stereocenters. The van der Waals surface area contributed by atoms with E-state index in [1.54, 1.807) is 0 Å². The summed E-state index contributed by atoms with van der Waals surface area (Å²) >= 11 is 0. The number of fused-ring (bicyclic) bond motifs is 1. The lowest BCUT2D eigenvalue weighted by Crippen LogP contribution is -2.25. The van der Waals surface area contributed by atoms with E-state index in [0.29, 0.717) is 19.5 Å². The molecule has 3 rings (SSSR count). The average molecular weight is 222 g/mol. The summed E-state index contributed by atoms with van der Waals surface area (Å²) in [6, 6.07) is 5.96. The van der Waals surface area contributed by atoms with E-state index in [0.717, 1.165) is 23.7 Å². The molecule has 1 saturated heterocycles. The third-order valence-electron chi connectivity index (χ3n) is 2.95. The van der Waals surface area contributed by atoms with Crippen LogP contribution in [0.3, 0.4) is 0 Å². The van der Waals surface area contributed by atoms with Gasteiger partial charge >= 0.3 is 0 Å². The fraction of sp³-hybridized carbons (Fsp3) is 0.500. The Hall–Kier alpha value is -1.26. The highest BCUT2D eigenvalue weighted by molar-refractivity contribution is 5.45. The van der Waals surface area contributed by atoms with Crippen molar-refractivity contribution < 1.29 is 18.9 Å². The van der Waals surface area contributed by atoms with E-state index in [2.05, 4.69) is 6.92 Å². The molecule has 0 amide bonds. The molecule has 4 nitrogen and oxygen atoms in total. The lowest BCUT2D eigenvalue weighted by molar-refractivity contribution is -0.168. The summed E-state index contributed by atoms with van der Waals surface area (Å²) in [5, 5.41) is 0. The highest BCUT2D eigenvalue weighted by Crippen LogP contribution is 2.37. The monoisotopic (exact) mass is 222 g/mol. The van der Waals surface area contributed by atoms with Crippen molar-refractivity contribution in [3.63, 3.8) is 0 Å². The molecule has 2 heterocycles. The molecule has 2 aliphatic heterocycles. The maximum absolute atomic E-state index is 5.62. The van der Waals surface area contributed by atoms with Gasteiger partial charge in [0.1, 0.15) is 6.79 Å². The number of benzene rings is 1. The van der Waals surface area contributed by atoms with Crippen LogP contribution in [-0.2, 0) is 9.47 Å². The van der Waals surface area contributed by atoms with Gasteiger partial charge in [0.2, 0.25) is 6.79 Å². The fourth-order valence-corrected chi connectivity index (χ4v) is 2.12. The molecular weight excluding hydrogens is 208 g/mol. The van der Waals surface area contributed by atoms with Crippen LogP contribution in [0.4, 0.5) is 0 Å². The summed E-state index contributed by atoms with van der Waals surface area (Å²) < 4.78 is 21.5. The van der Waals surface area contributed by atoms with Gasteiger partial charge in [-0.25, -0.2) is 0 Å². The van der Waals surface area contributed by atoms with Crippen LogP contribution < -0.4 is 9.47 Å². The first-order valence-corrected chi connectivity index (χ1v) is 5.43. The third-order valence-corrected chi connectivity index (χ3v) is 2.95. The third kappa shape index (κ3) is 1.64. The summed E-state index contributed by atoms with van der Waals surface area (Å²) in [6.45, 7) is 3.53. The lowest BCUT2D eigenvalue weighted by atomic mass is 9.97. The van der Waals surface area contributed by atoms with Gasteiger partial charge in [-0.3, -0.25) is 0 Å². The van der Waals surface area contributed by atoms with E-state index in [1.807, 2.05) is 18.2 Å². The predicted octanol–water partition coefficient (Wildman–Crippen LogP) is 2.10. The molecule has 1 aromatic rings. The van der Waals surface area contributed by atoms with Gasteiger partial charge in [0.05, 0.1) is 12.7 Å². The Morgan fingerprint density at radius 3 is 2.88 bits per heavy atom. The predicted molar refractivity (Wildman–Crippen MR) is 56.4 cm³/mol. The number of hydrogen-bond acceptors (Lipinski definition) is 4. The van der Waals surface area contributed by atoms with Crippen LogP contribution in [0.1, 0.15) is 18.6 Å². The van der Waals surface area contributed by atoms with E-state index < -0.39 is 0 Å². The minimum absolute atomic E-state index is 0.0863. The molecule has 0 bridgehead atoms. The molecule has 2 aliphatic rings. The first-order valence-electron chi connectivity index (χ1n) is 5.43. The summed E-state index contributed by atoms with van der Waals surface area (Å²) in [6.07, 6.45) is 0.0863. The van der Waals surface area contributed by atoms with Crippen LogP contribution in [0.5, 0.6) is 11.5 Å². The van der Waals surface area contributed by atoms with Gasteiger partial charge in [-0.05, 0) is 17.7 Å². The minimum atomic E-state index is 0.0863. The van der Waals surface area contributed by atoms with Gasteiger partial charge in [0.15, 0.2) is 11.5 Å². The fourth-order valence-electron chi connectivity index (χ4n) is 2.12. The summed E-state index contributed by atoms with van der Waals surface area (Å²) in [5.74, 6) is 1.97. The molecule has 1 fully saturated rings. The van der Waals surface area contributed by atoms with Crippen LogP contribution in [0, 0.1) is 5.92 Å². The second-order valence-corrected chi connectivity index (χ2v) is 4.17. The van der Waals surface area contributed by atoms with E-state index >= 15 is 0 Å². The Balaban J connectivity index is 1.88. The topological polar surface area (TPSA) is 36.9 Å². The Morgan fingerprint density at radius 1 is 1.12 bits per heavy atom. The van der Waals surface area contributed by atoms with Crippen LogP contribution >= 0.6 is 0 Å². The quantitative estimate of drug-likeness (QED) is 0.729. The normalized spacial score (nSPS) is 28.1. The zero-order valence-electron chi connectivity index (χ0n) is 9.14. The SMILES string of the molecule is C[C@H]1COCO[C@@H]1c1ccc2c(c1)OCO2. The van der Waals surface area contributed by atoms with E-state index in [9.17, 15) is 0 Å². The highest BCUT2D eigenvalue weighted by atomic mass is 16.7. The van der Waals surface area contributed by atoms with Gasteiger partial charge in [0.25, 0.3) is 0 Å². The van der Waals surface area contributed by atoms with E-state index in [1.165, 1.54) is 0 Å². The molecule has 0 spiro atoms. The van der Waals surface area contributed by atoms with Gasteiger partial charge in [-0.1, -0.05) is 13.0 Å². The van der Waals surface area contributed by atoms with Crippen molar-refractivity contribution >= 4 is 0 Å². The van der Waals surface area contributed by atoms with Crippen molar-refractivity contribution in [2.45, 2.75) is 13.0 Å². The molecular formula is C12H14O4. The minimum Gasteiger partial charge on any atom is -0.454 e. The number of hydrogen-bond donors (Lipinski definition) is 0. The van der Waals surface area contributed by atoms with Crippen molar-refractivity contribution in [2.24, 2.45) is 5.92 Å². The van der Waals surface area contributed by atoms with Crippen molar-refractivity contribution in [2.75, 3.05) is 20.2 Å². The van der Waals surface area contributed by atoms with Crippen molar-refractivity contribution in [3.05, 3.63) is 23.8 Å². The maximum atomic E-state index is 5.62. The Bertz CT molecular complexity index is 391. The summed E-state index contributed by atoms with van der Waals surface area (Å²) in [4.78, 5) is 0. The first-order chi connectivity index (χ1) is 7.84. The maximum Gasteiger partial charge on any atom is 0.231 e. The Morgan fingerprint density at radius 2 is 2.00 bits per heavy atom. The number of rotatable bonds is 1. The zero-order chi connectivity index (χ0) is 11.0. The molecule has 0 N–H and O–H groups in total. The van der Waals surface area contributed by atoms with Crippen molar-refractivity contribution in [1.82, 2.24) is 0 Å². The highest BCUT2D eigenvalue weighted by Gasteiger charge is 2.26. The smallest absolute Gasteiger partial charge is 0.231 e. The van der Waals surface area contributed by atoms with Crippen molar-refractivity contribution in [3.8, 4) is 11.5 Å². The second-order valence-electron chi connectivity index (χ2n) is 4.17. The standard InChI is InChI=1S/C12H14O4/c1-8-5-13-6-16-12(8)9-2-3-10-11(4-9)15-7-14-10/h2-4,8,12H,5-7H2,1H3/t8-,12-/m0/s1. The van der Waals surface area contributed by atoms with Crippen LogP contribution in [0.15, 0.2) is 18.2 Å². The summed E-state index contributed by atoms with van der Waals surface area (Å²) in [5.41, 5.74) is 1.13. The average Bonchev–Trinajstić information content (AvgIpc) is 2.76. The molecule has 0 aliphatic carbocycles. The van der Waals surface area contributed by atoms with Crippen LogP contribution in [-0.4, -0.2) is 20.2 Å². The molecule has 0 radical (unpaired) electrons. The van der Waals surface area contributed by atoms with Gasteiger partial charge < -0.3 is 18.9 Å². The molecule has 2 atom stereocenters. The molecule has 0 saturated carbocycles. The lowest BCUT2D eigenvalue weighted by Gasteiger charge is -2.29. The van der Waals surface area contributed by atoms with Crippen LogP contribution in [0.2, 0.25) is 0 Å². The van der Waals surface area contributed by atoms with E-state index in [4.69, 9.17) is 18.9 Å². The molecule has 1 aromatic carbocycles. The van der Waals surface area contributed by atoms with Gasteiger partial charge in [-0.15, -0.1) is 0 Å². The molecule has 4 heteroatoms. The zero-order valence-corrected chi connectivity index (χ0v) is 9.14. The number of ether oxygens (including phenoxy) is 4. The Labute approximate surface area is 94.1 Å².